The van der Waals surface area contributed by atoms with Crippen molar-refractivity contribution in [3.8, 4) is 0 Å². The first-order valence-corrected chi connectivity index (χ1v) is 5.91. The predicted molar refractivity (Wildman–Crippen MR) is 68.2 cm³/mol. The van der Waals surface area contributed by atoms with Crippen molar-refractivity contribution in [1.82, 2.24) is 4.90 Å². The lowest BCUT2D eigenvalue weighted by molar-refractivity contribution is 0.206. The van der Waals surface area contributed by atoms with Crippen LogP contribution in [0.2, 0.25) is 5.02 Å². The van der Waals surface area contributed by atoms with Crippen LogP contribution in [-0.4, -0.2) is 23.3 Å². The average Bonchev–Trinajstić information content (AvgIpc) is 2.54. The number of urea groups is 1. The summed E-state index contributed by atoms with van der Waals surface area (Å²) in [4.78, 5) is 17.2. The second-order valence-corrected chi connectivity index (χ2v) is 4.41. The van der Waals surface area contributed by atoms with Gasteiger partial charge in [-0.1, -0.05) is 30.7 Å². The Bertz CT molecular complexity index is 473. The van der Waals surface area contributed by atoms with Crippen LogP contribution in [0.25, 0.3) is 0 Å². The van der Waals surface area contributed by atoms with Crippen molar-refractivity contribution >= 4 is 23.5 Å². The first kappa shape index (κ1) is 11.9. The second-order valence-electron chi connectivity index (χ2n) is 3.97. The summed E-state index contributed by atoms with van der Waals surface area (Å²) in [6.07, 6.45) is 0.867. The molecule has 0 saturated carbocycles. The molecule has 1 unspecified atom stereocenters. The largest absolute Gasteiger partial charge is 0.385 e. The lowest BCUT2D eigenvalue weighted by Crippen LogP contribution is -2.33. The number of amides is 2. The molecule has 1 heterocycles. The molecule has 2 rings (SSSR count). The van der Waals surface area contributed by atoms with E-state index >= 15 is 0 Å². The number of hydrogen-bond donors (Lipinski definition) is 1. The van der Waals surface area contributed by atoms with Gasteiger partial charge in [0.25, 0.3) is 0 Å². The first-order chi connectivity index (χ1) is 8.13. The van der Waals surface area contributed by atoms with Crippen LogP contribution in [0, 0.1) is 0 Å². The van der Waals surface area contributed by atoms with E-state index in [1.54, 1.807) is 11.0 Å². The van der Waals surface area contributed by atoms with Gasteiger partial charge in [0.2, 0.25) is 0 Å². The van der Waals surface area contributed by atoms with Crippen LogP contribution in [-0.2, 0) is 0 Å². The lowest BCUT2D eigenvalue weighted by Gasteiger charge is -2.24. The van der Waals surface area contributed by atoms with Gasteiger partial charge in [0.1, 0.15) is 11.9 Å². The molecule has 1 aromatic rings. The maximum atomic E-state index is 11.7. The standard InChI is InChI=1S/C12H14ClN3O/c1-2-6-16-10(11(14)15-12(16)17)8-4-3-5-9(13)7-8/h3-5,7,10H,2,6H2,1H3,(H2,14,15,17). The number of nitrogens with zero attached hydrogens (tertiary/aromatic N) is 2. The summed E-state index contributed by atoms with van der Waals surface area (Å²) in [7, 11) is 0. The van der Waals surface area contributed by atoms with Gasteiger partial charge in [0.15, 0.2) is 0 Å². The highest BCUT2D eigenvalue weighted by Gasteiger charge is 2.33. The number of hydrogen-bond acceptors (Lipinski definition) is 2. The van der Waals surface area contributed by atoms with Crippen molar-refractivity contribution in [3.05, 3.63) is 34.9 Å². The van der Waals surface area contributed by atoms with Gasteiger partial charge in [0.05, 0.1) is 0 Å². The van der Waals surface area contributed by atoms with Crippen LogP contribution in [0.4, 0.5) is 4.79 Å². The molecule has 1 aliphatic rings. The van der Waals surface area contributed by atoms with Crippen molar-refractivity contribution in [2.24, 2.45) is 10.7 Å². The summed E-state index contributed by atoms with van der Waals surface area (Å²) in [5, 5.41) is 0.631. The Morgan fingerprint density at radius 3 is 2.94 bits per heavy atom. The number of nitrogens with two attached hydrogens (primary N) is 1. The molecule has 0 bridgehead atoms. The highest BCUT2D eigenvalue weighted by molar-refractivity contribution is 6.30. The van der Waals surface area contributed by atoms with Crippen LogP contribution < -0.4 is 5.73 Å². The quantitative estimate of drug-likeness (QED) is 0.898. The molecule has 2 N–H and O–H groups in total. The Hall–Kier alpha value is -1.55. The lowest BCUT2D eigenvalue weighted by atomic mass is 10.1. The number of carbonyl (C=O) groups is 1. The Balaban J connectivity index is 2.35. The van der Waals surface area contributed by atoms with Crippen molar-refractivity contribution < 1.29 is 4.79 Å². The molecule has 0 aromatic heterocycles. The molecule has 0 fully saturated rings. The van der Waals surface area contributed by atoms with Gasteiger partial charge in [-0.05, 0) is 24.1 Å². The topological polar surface area (TPSA) is 58.7 Å². The smallest absolute Gasteiger partial charge is 0.346 e. The molecule has 0 radical (unpaired) electrons. The van der Waals surface area contributed by atoms with Crippen molar-refractivity contribution in [1.29, 1.82) is 0 Å². The summed E-state index contributed by atoms with van der Waals surface area (Å²) >= 11 is 5.95. The summed E-state index contributed by atoms with van der Waals surface area (Å²) in [5.41, 5.74) is 6.72. The normalized spacial score (nSPS) is 19.6. The molecular weight excluding hydrogens is 238 g/mol. The Kier molecular flexibility index (Phi) is 3.33. The molecule has 17 heavy (non-hydrogen) atoms. The Labute approximate surface area is 105 Å². The highest BCUT2D eigenvalue weighted by atomic mass is 35.5. The maximum absolute atomic E-state index is 11.7. The zero-order valence-electron chi connectivity index (χ0n) is 9.56. The van der Waals surface area contributed by atoms with Crippen LogP contribution in [0.1, 0.15) is 24.9 Å². The van der Waals surface area contributed by atoms with E-state index in [2.05, 4.69) is 4.99 Å². The molecule has 0 saturated heterocycles. The predicted octanol–water partition coefficient (Wildman–Crippen LogP) is 2.58. The third kappa shape index (κ3) is 2.26. The monoisotopic (exact) mass is 251 g/mol. The molecule has 1 aromatic carbocycles. The van der Waals surface area contributed by atoms with Gasteiger partial charge < -0.3 is 10.6 Å². The maximum Gasteiger partial charge on any atom is 0.346 e. The molecule has 2 amide bonds. The first-order valence-electron chi connectivity index (χ1n) is 5.53. The minimum atomic E-state index is -0.277. The molecule has 1 atom stereocenters. The second kappa shape index (κ2) is 4.75. The minimum Gasteiger partial charge on any atom is -0.385 e. The number of benzene rings is 1. The molecule has 0 aliphatic carbocycles. The third-order valence-corrected chi connectivity index (χ3v) is 2.93. The minimum absolute atomic E-state index is 0.269. The third-order valence-electron chi connectivity index (χ3n) is 2.69. The SMILES string of the molecule is CCCN1C(=O)N=C(N)C1c1cccc(Cl)c1. The number of rotatable bonds is 3. The number of amidine groups is 1. The Morgan fingerprint density at radius 2 is 2.29 bits per heavy atom. The zero-order chi connectivity index (χ0) is 12.4. The van der Waals surface area contributed by atoms with E-state index in [0.29, 0.717) is 17.4 Å². The molecule has 0 spiro atoms. The molecule has 5 heteroatoms. The van der Waals surface area contributed by atoms with E-state index in [-0.39, 0.29) is 12.1 Å². The van der Waals surface area contributed by atoms with Crippen LogP contribution in [0.5, 0.6) is 0 Å². The van der Waals surface area contributed by atoms with Gasteiger partial charge in [-0.15, -0.1) is 0 Å². The van der Waals surface area contributed by atoms with Crippen LogP contribution in [0.3, 0.4) is 0 Å². The van der Waals surface area contributed by atoms with E-state index in [9.17, 15) is 4.79 Å². The highest BCUT2D eigenvalue weighted by Crippen LogP contribution is 2.28. The van der Waals surface area contributed by atoms with Crippen molar-refractivity contribution in [2.45, 2.75) is 19.4 Å². The van der Waals surface area contributed by atoms with Gasteiger partial charge >= 0.3 is 6.03 Å². The van der Waals surface area contributed by atoms with Crippen molar-refractivity contribution in [3.63, 3.8) is 0 Å². The van der Waals surface area contributed by atoms with Gasteiger partial charge in [-0.3, -0.25) is 0 Å². The van der Waals surface area contributed by atoms with E-state index in [1.165, 1.54) is 0 Å². The average molecular weight is 252 g/mol. The number of carbonyl (C=O) groups excluding carboxylic acids is 1. The molecule has 1 aliphatic heterocycles. The van der Waals surface area contributed by atoms with E-state index < -0.39 is 0 Å². The van der Waals surface area contributed by atoms with Crippen LogP contribution >= 0.6 is 11.6 Å². The molecule has 4 nitrogen and oxygen atoms in total. The number of aliphatic imine (C=N–C) groups is 1. The Morgan fingerprint density at radius 1 is 1.53 bits per heavy atom. The van der Waals surface area contributed by atoms with E-state index in [1.807, 2.05) is 25.1 Å². The summed E-state index contributed by atoms with van der Waals surface area (Å²) in [6.45, 7) is 2.65. The fourth-order valence-electron chi connectivity index (χ4n) is 2.00. The summed E-state index contributed by atoms with van der Waals surface area (Å²) in [6, 6.07) is 6.81. The van der Waals surface area contributed by atoms with E-state index in [4.69, 9.17) is 17.3 Å². The summed E-state index contributed by atoms with van der Waals surface area (Å²) in [5.74, 6) is 0.339. The summed E-state index contributed by atoms with van der Waals surface area (Å²) < 4.78 is 0. The van der Waals surface area contributed by atoms with Crippen LogP contribution in [0.15, 0.2) is 29.3 Å². The van der Waals surface area contributed by atoms with Gasteiger partial charge in [-0.25, -0.2) is 4.79 Å². The van der Waals surface area contributed by atoms with Gasteiger partial charge in [0, 0.05) is 11.6 Å². The fourth-order valence-corrected chi connectivity index (χ4v) is 2.20. The number of halogens is 1. The molecular formula is C12H14ClN3O. The van der Waals surface area contributed by atoms with Crippen molar-refractivity contribution in [2.75, 3.05) is 6.54 Å². The van der Waals surface area contributed by atoms with E-state index in [0.717, 1.165) is 12.0 Å². The fraction of sp³-hybridized carbons (Fsp3) is 0.333. The zero-order valence-corrected chi connectivity index (χ0v) is 10.3. The van der Waals surface area contributed by atoms with Gasteiger partial charge in [-0.2, -0.15) is 4.99 Å². The molecule has 90 valence electrons.